The Bertz CT molecular complexity index is 804. The van der Waals surface area contributed by atoms with Crippen LogP contribution in [0, 0.1) is 0 Å². The maximum Gasteiger partial charge on any atom is 0.224 e. The molecule has 5 heteroatoms. The van der Waals surface area contributed by atoms with E-state index < -0.39 is 0 Å². The third kappa shape index (κ3) is 4.44. The van der Waals surface area contributed by atoms with E-state index in [1.165, 1.54) is 18.4 Å². The highest BCUT2D eigenvalue weighted by molar-refractivity contribution is 6.31. The smallest absolute Gasteiger partial charge is 0.224 e. The average molecular weight is 399 g/mol. The van der Waals surface area contributed by atoms with Crippen molar-refractivity contribution in [2.75, 3.05) is 24.6 Å². The largest absolute Gasteiger partial charge is 0.489 e. The van der Waals surface area contributed by atoms with Crippen LogP contribution in [0.25, 0.3) is 0 Å². The van der Waals surface area contributed by atoms with Crippen LogP contribution in [-0.4, -0.2) is 36.5 Å². The molecule has 1 fully saturated rings. The zero-order chi connectivity index (χ0) is 19.3. The van der Waals surface area contributed by atoms with Gasteiger partial charge in [-0.1, -0.05) is 54.8 Å². The summed E-state index contributed by atoms with van der Waals surface area (Å²) in [5.74, 6) is 1.07. The molecule has 0 N–H and O–H groups in total. The van der Waals surface area contributed by atoms with Gasteiger partial charge in [0.25, 0.3) is 0 Å². The van der Waals surface area contributed by atoms with E-state index in [4.69, 9.17) is 16.3 Å². The first-order valence-electron chi connectivity index (χ1n) is 10.2. The molecule has 0 aliphatic carbocycles. The first kappa shape index (κ1) is 19.1. The Morgan fingerprint density at radius 3 is 2.54 bits per heavy atom. The summed E-state index contributed by atoms with van der Waals surface area (Å²) in [7, 11) is 0. The molecule has 0 unspecified atom stereocenters. The minimum Gasteiger partial charge on any atom is -0.489 e. The molecule has 2 heterocycles. The van der Waals surface area contributed by atoms with E-state index in [-0.39, 0.29) is 11.9 Å². The van der Waals surface area contributed by atoms with E-state index in [9.17, 15) is 4.79 Å². The van der Waals surface area contributed by atoms with Crippen LogP contribution >= 0.6 is 11.6 Å². The molecule has 28 heavy (non-hydrogen) atoms. The van der Waals surface area contributed by atoms with Crippen molar-refractivity contribution in [1.29, 1.82) is 0 Å². The molecule has 1 amide bonds. The molecule has 2 aliphatic heterocycles. The fourth-order valence-corrected chi connectivity index (χ4v) is 4.29. The second-order valence-electron chi connectivity index (χ2n) is 7.69. The van der Waals surface area contributed by atoms with E-state index in [0.717, 1.165) is 43.9 Å². The van der Waals surface area contributed by atoms with Crippen molar-refractivity contribution in [3.63, 3.8) is 0 Å². The van der Waals surface area contributed by atoms with Crippen molar-refractivity contribution in [2.24, 2.45) is 0 Å². The molecule has 0 saturated carbocycles. The number of likely N-dealkylation sites (tertiary alicyclic amines) is 1. The minimum absolute atomic E-state index is 0.00178. The van der Waals surface area contributed by atoms with Crippen LogP contribution in [0.4, 0.5) is 5.69 Å². The molecule has 0 radical (unpaired) electrons. The number of anilines is 1. The molecule has 2 aliphatic rings. The number of fused-ring (bicyclic) bond motifs is 1. The lowest BCUT2D eigenvalue weighted by Crippen LogP contribution is -2.46. The second kappa shape index (κ2) is 8.87. The number of ether oxygens (including phenoxy) is 1. The molecule has 4 nitrogen and oxygen atoms in total. The number of amides is 1. The van der Waals surface area contributed by atoms with Crippen LogP contribution in [0.1, 0.15) is 37.7 Å². The quantitative estimate of drug-likeness (QED) is 0.734. The SMILES string of the molecule is O=C(C[C@H]1COc2ccc(Cl)cc2N1Cc1ccccc1)N1CCCCCC1. The standard InChI is InChI=1S/C23H27ClN2O2/c24-19-10-11-22-21(14-19)26(16-18-8-4-3-5-9-18)20(17-28-22)15-23(27)25-12-6-1-2-7-13-25/h3-5,8-11,14,20H,1-2,6-7,12-13,15-17H2/t20-/m0/s1. The number of hydrogen-bond donors (Lipinski definition) is 0. The van der Waals surface area contributed by atoms with Crippen molar-refractivity contribution in [3.05, 3.63) is 59.1 Å². The van der Waals surface area contributed by atoms with Crippen molar-refractivity contribution < 1.29 is 9.53 Å². The van der Waals surface area contributed by atoms with E-state index in [0.29, 0.717) is 18.1 Å². The Kier molecular flexibility index (Phi) is 6.06. The number of rotatable bonds is 4. The summed E-state index contributed by atoms with van der Waals surface area (Å²) < 4.78 is 6.00. The molecule has 0 bridgehead atoms. The molecule has 0 spiro atoms. The Hall–Kier alpha value is -2.20. The maximum atomic E-state index is 13.0. The third-order valence-corrected chi connectivity index (χ3v) is 5.90. The van der Waals surface area contributed by atoms with Crippen molar-refractivity contribution in [2.45, 2.75) is 44.7 Å². The summed E-state index contributed by atoms with van der Waals surface area (Å²) in [5.41, 5.74) is 2.18. The first-order valence-corrected chi connectivity index (χ1v) is 10.6. The number of benzene rings is 2. The van der Waals surface area contributed by atoms with Crippen molar-refractivity contribution in [1.82, 2.24) is 4.90 Å². The lowest BCUT2D eigenvalue weighted by molar-refractivity contribution is -0.131. The first-order chi connectivity index (χ1) is 13.7. The molecular weight excluding hydrogens is 372 g/mol. The van der Waals surface area contributed by atoms with E-state index in [2.05, 4.69) is 17.0 Å². The lowest BCUT2D eigenvalue weighted by atomic mass is 10.1. The number of nitrogens with zero attached hydrogens (tertiary/aromatic N) is 2. The molecule has 0 aromatic heterocycles. The van der Waals surface area contributed by atoms with Gasteiger partial charge in [-0.05, 0) is 36.6 Å². The topological polar surface area (TPSA) is 32.8 Å². The molecule has 1 atom stereocenters. The van der Waals surface area contributed by atoms with E-state index in [1.807, 2.05) is 41.3 Å². The van der Waals surface area contributed by atoms with Crippen molar-refractivity contribution in [3.8, 4) is 5.75 Å². The van der Waals surface area contributed by atoms with Crippen molar-refractivity contribution >= 4 is 23.2 Å². The van der Waals surface area contributed by atoms with Crippen LogP contribution in [-0.2, 0) is 11.3 Å². The van der Waals surface area contributed by atoms with Gasteiger partial charge >= 0.3 is 0 Å². The van der Waals surface area contributed by atoms with Gasteiger partial charge in [0, 0.05) is 24.7 Å². The third-order valence-electron chi connectivity index (χ3n) is 5.67. The van der Waals surface area contributed by atoms with Gasteiger partial charge in [0.05, 0.1) is 18.2 Å². The van der Waals surface area contributed by atoms with Gasteiger partial charge in [-0.3, -0.25) is 4.79 Å². The van der Waals surface area contributed by atoms with Crippen LogP contribution in [0.3, 0.4) is 0 Å². The van der Waals surface area contributed by atoms with Gasteiger partial charge in [-0.2, -0.15) is 0 Å². The highest BCUT2D eigenvalue weighted by Crippen LogP contribution is 2.38. The summed E-state index contributed by atoms with van der Waals surface area (Å²) in [6.45, 7) is 3.01. The molecule has 1 saturated heterocycles. The fraction of sp³-hybridized carbons (Fsp3) is 0.435. The predicted octanol–water partition coefficient (Wildman–Crippen LogP) is 4.90. The predicted molar refractivity (Wildman–Crippen MR) is 113 cm³/mol. The summed E-state index contributed by atoms with van der Waals surface area (Å²) in [6, 6.07) is 16.1. The Morgan fingerprint density at radius 1 is 1.04 bits per heavy atom. The average Bonchev–Trinajstić information content (AvgIpc) is 3.00. The van der Waals surface area contributed by atoms with E-state index >= 15 is 0 Å². The molecule has 4 rings (SSSR count). The second-order valence-corrected chi connectivity index (χ2v) is 8.13. The van der Waals surface area contributed by atoms with Gasteiger partial charge in [0.1, 0.15) is 12.4 Å². The van der Waals surface area contributed by atoms with Crippen LogP contribution in [0.2, 0.25) is 5.02 Å². The fourth-order valence-electron chi connectivity index (χ4n) is 4.12. The summed E-state index contributed by atoms with van der Waals surface area (Å²) in [4.78, 5) is 17.3. The van der Waals surface area contributed by atoms with Gasteiger partial charge in [-0.25, -0.2) is 0 Å². The summed E-state index contributed by atoms with van der Waals surface area (Å²) in [6.07, 6.45) is 5.14. The zero-order valence-electron chi connectivity index (χ0n) is 16.1. The van der Waals surface area contributed by atoms with Crippen LogP contribution < -0.4 is 9.64 Å². The summed E-state index contributed by atoms with van der Waals surface area (Å²) >= 11 is 6.28. The minimum atomic E-state index is 0.00178. The Labute approximate surface area is 172 Å². The zero-order valence-corrected chi connectivity index (χ0v) is 16.9. The normalized spacial score (nSPS) is 19.5. The molecule has 2 aromatic carbocycles. The monoisotopic (exact) mass is 398 g/mol. The Balaban J connectivity index is 1.56. The van der Waals surface area contributed by atoms with Gasteiger partial charge < -0.3 is 14.5 Å². The highest BCUT2D eigenvalue weighted by atomic mass is 35.5. The van der Waals surface area contributed by atoms with Gasteiger partial charge in [0.2, 0.25) is 5.91 Å². The van der Waals surface area contributed by atoms with E-state index in [1.54, 1.807) is 0 Å². The van der Waals surface area contributed by atoms with Crippen LogP contribution in [0.5, 0.6) is 5.75 Å². The highest BCUT2D eigenvalue weighted by Gasteiger charge is 2.31. The van der Waals surface area contributed by atoms with Gasteiger partial charge in [0.15, 0.2) is 0 Å². The molecule has 2 aromatic rings. The van der Waals surface area contributed by atoms with Gasteiger partial charge in [-0.15, -0.1) is 0 Å². The summed E-state index contributed by atoms with van der Waals surface area (Å²) in [5, 5.41) is 0.680. The number of hydrogen-bond acceptors (Lipinski definition) is 3. The number of carbonyl (C=O) groups is 1. The Morgan fingerprint density at radius 2 is 1.79 bits per heavy atom. The lowest BCUT2D eigenvalue weighted by Gasteiger charge is -2.39. The molecule has 148 valence electrons. The number of halogens is 1. The maximum absolute atomic E-state index is 13.0. The molecular formula is C23H27ClN2O2. The van der Waals surface area contributed by atoms with Crippen LogP contribution in [0.15, 0.2) is 48.5 Å². The number of carbonyl (C=O) groups excluding carboxylic acids is 1.